The van der Waals surface area contributed by atoms with E-state index < -0.39 is 11.8 Å². The summed E-state index contributed by atoms with van der Waals surface area (Å²) < 4.78 is 6.79. The third-order valence-electron chi connectivity index (χ3n) is 4.93. The summed E-state index contributed by atoms with van der Waals surface area (Å²) in [6.45, 7) is 0.359. The minimum absolute atomic E-state index is 0.0285. The van der Waals surface area contributed by atoms with Gasteiger partial charge >= 0.3 is 0 Å². The van der Waals surface area contributed by atoms with Gasteiger partial charge in [-0.3, -0.25) is 25.2 Å². The molecule has 0 bridgehead atoms. The monoisotopic (exact) mass is 477 g/mol. The number of fused-ring (bicyclic) bond motifs is 1. The van der Waals surface area contributed by atoms with Crippen LogP contribution in [0.15, 0.2) is 77.6 Å². The Hall–Kier alpha value is -4.24. The van der Waals surface area contributed by atoms with Crippen molar-refractivity contribution < 1.29 is 14.3 Å². The van der Waals surface area contributed by atoms with Crippen LogP contribution < -0.4 is 21.1 Å². The number of nitrogens with zero attached hydrogens (tertiary/aromatic N) is 3. The van der Waals surface area contributed by atoms with Crippen molar-refractivity contribution in [2.45, 2.75) is 19.6 Å². The third kappa shape index (κ3) is 5.76. The van der Waals surface area contributed by atoms with Gasteiger partial charge in [0.1, 0.15) is 17.9 Å². The average Bonchev–Trinajstić information content (AvgIpc) is 2.87. The molecule has 0 saturated heterocycles. The number of benzene rings is 3. The predicted octanol–water partition coefficient (Wildman–Crippen LogP) is 2.88. The Labute approximate surface area is 199 Å². The number of amides is 2. The van der Waals surface area contributed by atoms with Crippen LogP contribution in [0.3, 0.4) is 0 Å². The summed E-state index contributed by atoms with van der Waals surface area (Å²) in [5.41, 5.74) is 6.09. The molecule has 0 aliphatic rings. The number of ether oxygens (including phenoxy) is 1. The van der Waals surface area contributed by atoms with Gasteiger partial charge < -0.3 is 4.74 Å². The number of rotatable bonds is 7. The van der Waals surface area contributed by atoms with Gasteiger partial charge in [-0.05, 0) is 54.1 Å². The molecule has 34 heavy (non-hydrogen) atoms. The van der Waals surface area contributed by atoms with Crippen molar-refractivity contribution in [3.63, 3.8) is 0 Å². The maximum atomic E-state index is 12.4. The van der Waals surface area contributed by atoms with Gasteiger partial charge in [0, 0.05) is 17.0 Å². The van der Waals surface area contributed by atoms with Crippen molar-refractivity contribution in [1.82, 2.24) is 25.8 Å². The van der Waals surface area contributed by atoms with Crippen molar-refractivity contribution in [3.8, 4) is 5.75 Å². The molecule has 172 valence electrons. The zero-order valence-corrected chi connectivity index (χ0v) is 18.7. The molecule has 0 saturated carbocycles. The Morgan fingerprint density at radius 3 is 2.44 bits per heavy atom. The van der Waals surface area contributed by atoms with Crippen LogP contribution in [-0.2, 0) is 17.9 Å². The van der Waals surface area contributed by atoms with Gasteiger partial charge in [0.25, 0.3) is 11.5 Å². The number of aromatic nitrogens is 3. The van der Waals surface area contributed by atoms with Crippen molar-refractivity contribution in [2.75, 3.05) is 0 Å². The molecule has 1 aromatic heterocycles. The summed E-state index contributed by atoms with van der Waals surface area (Å²) in [5, 5.41) is 8.87. The predicted molar refractivity (Wildman–Crippen MR) is 126 cm³/mol. The molecule has 10 heteroatoms. The lowest BCUT2D eigenvalue weighted by atomic mass is 10.1. The molecule has 0 aliphatic heterocycles. The molecule has 2 amide bonds. The first kappa shape index (κ1) is 22.9. The first-order valence-electron chi connectivity index (χ1n) is 10.4. The van der Waals surface area contributed by atoms with Crippen LogP contribution in [0, 0.1) is 0 Å². The number of hydrogen-bond acceptors (Lipinski definition) is 6. The summed E-state index contributed by atoms with van der Waals surface area (Å²) in [7, 11) is 0. The quantitative estimate of drug-likeness (QED) is 0.395. The Kier molecular flexibility index (Phi) is 7.14. The van der Waals surface area contributed by atoms with Crippen LogP contribution in [0.4, 0.5) is 0 Å². The summed E-state index contributed by atoms with van der Waals surface area (Å²) in [6.07, 6.45) is -0.0613. The maximum Gasteiger partial charge on any atom is 0.277 e. The number of hydrogen-bond donors (Lipinski definition) is 2. The molecule has 4 aromatic rings. The highest BCUT2D eigenvalue weighted by Crippen LogP contribution is 2.17. The zero-order valence-electron chi connectivity index (χ0n) is 17.9. The van der Waals surface area contributed by atoms with Crippen molar-refractivity contribution in [1.29, 1.82) is 0 Å². The van der Waals surface area contributed by atoms with Gasteiger partial charge in [-0.15, -0.1) is 5.10 Å². The molecule has 0 fully saturated rings. The smallest absolute Gasteiger partial charge is 0.277 e. The van der Waals surface area contributed by atoms with E-state index in [9.17, 15) is 14.4 Å². The van der Waals surface area contributed by atoms with Gasteiger partial charge in [-0.1, -0.05) is 41.1 Å². The first-order valence-corrected chi connectivity index (χ1v) is 10.8. The Morgan fingerprint density at radius 1 is 0.941 bits per heavy atom. The molecule has 0 radical (unpaired) electrons. The molecule has 9 nitrogen and oxygen atoms in total. The standard InChI is InChI=1S/C24H20ClN5O4/c25-18-9-11-19(12-10-18)34-15-16-5-7-17(8-6-16)23(32)28-27-22(31)13-14-30-24(33)20-3-1-2-4-21(20)26-29-30/h1-12H,13-15H2,(H,27,31)(H,28,32). The SMILES string of the molecule is O=C(CCn1nnc2ccccc2c1=O)NNC(=O)c1ccc(COc2ccc(Cl)cc2)cc1. The molecule has 2 N–H and O–H groups in total. The van der Waals surface area contributed by atoms with Gasteiger partial charge in [-0.2, -0.15) is 0 Å². The highest BCUT2D eigenvalue weighted by molar-refractivity contribution is 6.30. The minimum Gasteiger partial charge on any atom is -0.489 e. The topological polar surface area (TPSA) is 115 Å². The molecular weight excluding hydrogens is 458 g/mol. The number of halogens is 1. The average molecular weight is 478 g/mol. The van der Waals surface area contributed by atoms with Crippen molar-refractivity contribution in [2.24, 2.45) is 0 Å². The van der Waals surface area contributed by atoms with E-state index in [2.05, 4.69) is 21.2 Å². The summed E-state index contributed by atoms with van der Waals surface area (Å²) in [4.78, 5) is 36.8. The van der Waals surface area contributed by atoms with E-state index in [1.54, 1.807) is 72.8 Å². The van der Waals surface area contributed by atoms with E-state index in [-0.39, 0.29) is 18.5 Å². The minimum atomic E-state index is -0.471. The third-order valence-corrected chi connectivity index (χ3v) is 5.18. The van der Waals surface area contributed by atoms with E-state index in [4.69, 9.17) is 16.3 Å². The van der Waals surface area contributed by atoms with Crippen LogP contribution in [0.5, 0.6) is 5.75 Å². The van der Waals surface area contributed by atoms with Crippen LogP contribution in [0.2, 0.25) is 5.02 Å². The Balaban J connectivity index is 1.24. The number of aryl methyl sites for hydroxylation is 1. The van der Waals surface area contributed by atoms with Crippen LogP contribution in [0.25, 0.3) is 10.9 Å². The highest BCUT2D eigenvalue weighted by atomic mass is 35.5. The highest BCUT2D eigenvalue weighted by Gasteiger charge is 2.10. The molecule has 0 spiro atoms. The lowest BCUT2D eigenvalue weighted by molar-refractivity contribution is -0.122. The summed E-state index contributed by atoms with van der Waals surface area (Å²) in [6, 6.07) is 20.7. The second-order valence-corrected chi connectivity index (χ2v) is 7.76. The number of carbonyl (C=O) groups excluding carboxylic acids is 2. The van der Waals surface area contributed by atoms with E-state index in [1.165, 1.54) is 0 Å². The number of carbonyl (C=O) groups is 2. The molecule has 3 aromatic carbocycles. The molecule has 4 rings (SSSR count). The zero-order chi connectivity index (χ0) is 23.9. The van der Waals surface area contributed by atoms with E-state index >= 15 is 0 Å². The molecular formula is C24H20ClN5O4. The van der Waals surface area contributed by atoms with Crippen molar-refractivity contribution in [3.05, 3.63) is 99.3 Å². The van der Waals surface area contributed by atoms with Gasteiger partial charge in [-0.25, -0.2) is 4.68 Å². The second kappa shape index (κ2) is 10.6. The fraction of sp³-hybridized carbons (Fsp3) is 0.125. The van der Waals surface area contributed by atoms with E-state index in [1.807, 2.05) is 0 Å². The number of nitrogens with one attached hydrogen (secondary N) is 2. The van der Waals surface area contributed by atoms with Crippen LogP contribution in [0.1, 0.15) is 22.3 Å². The first-order chi connectivity index (χ1) is 16.5. The molecule has 0 unspecified atom stereocenters. The lowest BCUT2D eigenvalue weighted by Gasteiger charge is -2.09. The fourth-order valence-electron chi connectivity index (χ4n) is 3.09. The summed E-state index contributed by atoms with van der Waals surface area (Å²) in [5.74, 6) is -0.254. The van der Waals surface area contributed by atoms with E-state index in [0.717, 1.165) is 10.2 Å². The normalized spacial score (nSPS) is 10.6. The summed E-state index contributed by atoms with van der Waals surface area (Å²) >= 11 is 5.85. The van der Waals surface area contributed by atoms with Gasteiger partial charge in [0.05, 0.1) is 11.9 Å². The molecule has 0 atom stereocenters. The largest absolute Gasteiger partial charge is 0.489 e. The Bertz CT molecular complexity index is 1370. The van der Waals surface area contributed by atoms with Gasteiger partial charge in [0.2, 0.25) is 5.91 Å². The molecule has 0 aliphatic carbocycles. The Morgan fingerprint density at radius 2 is 1.68 bits per heavy atom. The van der Waals surface area contributed by atoms with Crippen molar-refractivity contribution >= 4 is 34.3 Å². The van der Waals surface area contributed by atoms with E-state index in [0.29, 0.717) is 33.8 Å². The molecule has 1 heterocycles. The second-order valence-electron chi connectivity index (χ2n) is 7.33. The number of hydrazine groups is 1. The maximum absolute atomic E-state index is 12.4. The van der Waals surface area contributed by atoms with Gasteiger partial charge in [0.15, 0.2) is 0 Å². The van der Waals surface area contributed by atoms with Crippen LogP contribution >= 0.6 is 11.6 Å². The lowest BCUT2D eigenvalue weighted by Crippen LogP contribution is -2.42. The van der Waals surface area contributed by atoms with Crippen LogP contribution in [-0.4, -0.2) is 26.8 Å². The fourth-order valence-corrected chi connectivity index (χ4v) is 3.21.